The first kappa shape index (κ1) is 14.5. The van der Waals surface area contributed by atoms with Crippen LogP contribution in [0.4, 0.5) is 0 Å². The van der Waals surface area contributed by atoms with Crippen LogP contribution in [0.2, 0.25) is 0 Å². The van der Waals surface area contributed by atoms with E-state index in [4.69, 9.17) is 5.10 Å². The van der Waals surface area contributed by atoms with Crippen LogP contribution in [-0.4, -0.2) is 28.3 Å². The Kier molecular flexibility index (Phi) is 3.87. The molecule has 120 valence electrons. The Morgan fingerprint density at radius 3 is 2.91 bits per heavy atom. The van der Waals surface area contributed by atoms with Crippen LogP contribution in [0.5, 0.6) is 0 Å². The van der Waals surface area contributed by atoms with E-state index in [0.717, 1.165) is 43.6 Å². The van der Waals surface area contributed by atoms with Gasteiger partial charge in [-0.15, -0.1) is 0 Å². The van der Waals surface area contributed by atoms with Gasteiger partial charge in [-0.2, -0.15) is 5.10 Å². The number of carbonyl (C=O) groups is 1. The summed E-state index contributed by atoms with van der Waals surface area (Å²) in [4.78, 5) is 12.2. The maximum absolute atomic E-state index is 12.2. The normalized spacial score (nSPS) is 19.7. The number of aromatic nitrogens is 2. The van der Waals surface area contributed by atoms with E-state index in [1.54, 1.807) is 0 Å². The number of hydrogen-bond donors (Lipinski definition) is 2. The van der Waals surface area contributed by atoms with Crippen LogP contribution in [0.1, 0.15) is 36.2 Å². The lowest BCUT2D eigenvalue weighted by Gasteiger charge is -2.10. The Morgan fingerprint density at radius 2 is 2.13 bits per heavy atom. The molecular formula is C18H22N4O. The molecule has 23 heavy (non-hydrogen) atoms. The summed E-state index contributed by atoms with van der Waals surface area (Å²) < 4.78 is 2.05. The van der Waals surface area contributed by atoms with Gasteiger partial charge in [0.15, 0.2) is 0 Å². The molecule has 2 heterocycles. The fourth-order valence-corrected chi connectivity index (χ4v) is 3.64. The highest BCUT2D eigenvalue weighted by Crippen LogP contribution is 2.27. The summed E-state index contributed by atoms with van der Waals surface area (Å²) in [7, 11) is 0. The number of nitrogens with one attached hydrogen (secondary N) is 2. The van der Waals surface area contributed by atoms with E-state index in [-0.39, 0.29) is 11.9 Å². The Hall–Kier alpha value is -2.14. The number of benzene rings is 1. The second-order valence-electron chi connectivity index (χ2n) is 6.34. The summed E-state index contributed by atoms with van der Waals surface area (Å²) in [5.74, 6) is 0.100. The molecule has 1 aromatic heterocycles. The molecule has 2 N–H and O–H groups in total. The number of rotatable bonds is 4. The zero-order valence-corrected chi connectivity index (χ0v) is 13.2. The van der Waals surface area contributed by atoms with E-state index < -0.39 is 0 Å². The van der Waals surface area contributed by atoms with Crippen molar-refractivity contribution in [3.63, 3.8) is 0 Å². The van der Waals surface area contributed by atoms with Crippen molar-refractivity contribution in [3.8, 4) is 5.69 Å². The van der Waals surface area contributed by atoms with Crippen LogP contribution in [0.3, 0.4) is 0 Å². The minimum absolute atomic E-state index is 0.0285. The zero-order valence-electron chi connectivity index (χ0n) is 13.2. The molecule has 1 aromatic carbocycles. The maximum atomic E-state index is 12.2. The van der Waals surface area contributed by atoms with Gasteiger partial charge in [0.2, 0.25) is 5.91 Å². The van der Waals surface area contributed by atoms with Gasteiger partial charge in [-0.1, -0.05) is 18.2 Å². The fourth-order valence-electron chi connectivity index (χ4n) is 3.64. The van der Waals surface area contributed by atoms with E-state index in [9.17, 15) is 4.79 Å². The lowest BCUT2D eigenvalue weighted by Crippen LogP contribution is -2.40. The number of amides is 1. The predicted octanol–water partition coefficient (Wildman–Crippen LogP) is 1.73. The van der Waals surface area contributed by atoms with Gasteiger partial charge in [-0.25, -0.2) is 4.68 Å². The topological polar surface area (TPSA) is 59.0 Å². The van der Waals surface area contributed by atoms with Gasteiger partial charge in [0.1, 0.15) is 0 Å². The molecule has 0 spiro atoms. The second kappa shape index (κ2) is 6.16. The molecule has 2 aromatic rings. The second-order valence-corrected chi connectivity index (χ2v) is 6.34. The van der Waals surface area contributed by atoms with Gasteiger partial charge >= 0.3 is 0 Å². The third kappa shape index (κ3) is 2.77. The molecule has 0 radical (unpaired) electrons. The Balaban J connectivity index is 1.54. The first-order chi connectivity index (χ1) is 11.3. The quantitative estimate of drug-likeness (QED) is 0.904. The van der Waals surface area contributed by atoms with Crippen LogP contribution in [0.25, 0.3) is 5.69 Å². The summed E-state index contributed by atoms with van der Waals surface area (Å²) in [5.41, 5.74) is 4.75. The molecule has 1 atom stereocenters. The molecule has 1 unspecified atom stereocenters. The summed E-state index contributed by atoms with van der Waals surface area (Å²) >= 11 is 0. The highest BCUT2D eigenvalue weighted by molar-refractivity contribution is 5.81. The van der Waals surface area contributed by atoms with Crippen molar-refractivity contribution < 1.29 is 4.79 Å². The molecule has 1 saturated heterocycles. The van der Waals surface area contributed by atoms with E-state index >= 15 is 0 Å². The first-order valence-corrected chi connectivity index (χ1v) is 8.49. The lowest BCUT2D eigenvalue weighted by atomic mass is 10.2. The highest BCUT2D eigenvalue weighted by atomic mass is 16.2. The van der Waals surface area contributed by atoms with E-state index in [1.807, 2.05) is 18.2 Å². The number of para-hydroxylation sites is 1. The monoisotopic (exact) mass is 310 g/mol. The molecule has 1 fully saturated rings. The summed E-state index contributed by atoms with van der Waals surface area (Å²) in [6.45, 7) is 1.47. The van der Waals surface area contributed by atoms with Crippen LogP contribution in [0, 0.1) is 0 Å². The molecule has 1 amide bonds. The number of hydrogen-bond acceptors (Lipinski definition) is 3. The average Bonchev–Trinajstić information content (AvgIpc) is 3.31. The molecule has 0 saturated carbocycles. The van der Waals surface area contributed by atoms with Gasteiger partial charge in [0.05, 0.1) is 24.0 Å². The van der Waals surface area contributed by atoms with Crippen molar-refractivity contribution in [1.82, 2.24) is 20.4 Å². The van der Waals surface area contributed by atoms with Gasteiger partial charge in [-0.05, 0) is 56.3 Å². The predicted molar refractivity (Wildman–Crippen MR) is 88.5 cm³/mol. The Bertz CT molecular complexity index is 701. The minimum atomic E-state index is -0.0285. The fraction of sp³-hybridized carbons (Fsp3) is 0.444. The van der Waals surface area contributed by atoms with Crippen LogP contribution in [-0.2, 0) is 24.2 Å². The van der Waals surface area contributed by atoms with Crippen LogP contribution >= 0.6 is 0 Å². The van der Waals surface area contributed by atoms with Gasteiger partial charge in [0, 0.05) is 5.69 Å². The zero-order chi connectivity index (χ0) is 15.6. The Morgan fingerprint density at radius 1 is 1.26 bits per heavy atom. The van der Waals surface area contributed by atoms with Crippen molar-refractivity contribution >= 4 is 5.91 Å². The van der Waals surface area contributed by atoms with Crippen molar-refractivity contribution in [2.45, 2.75) is 44.7 Å². The van der Waals surface area contributed by atoms with Crippen molar-refractivity contribution in [3.05, 3.63) is 47.3 Å². The molecule has 5 heteroatoms. The standard InChI is InChI=1S/C18H22N4O/c23-18(15-9-5-11-19-15)20-12-16-14-8-4-10-17(14)22(21-16)13-6-2-1-3-7-13/h1-3,6-7,15,19H,4-5,8-12H2,(H,20,23). The molecular weight excluding hydrogens is 288 g/mol. The van der Waals surface area contributed by atoms with Crippen molar-refractivity contribution in [2.24, 2.45) is 0 Å². The van der Waals surface area contributed by atoms with Gasteiger partial charge in [0.25, 0.3) is 0 Å². The van der Waals surface area contributed by atoms with Crippen LogP contribution < -0.4 is 10.6 Å². The Labute approximate surface area is 136 Å². The van der Waals surface area contributed by atoms with Crippen molar-refractivity contribution in [1.29, 1.82) is 0 Å². The molecule has 0 bridgehead atoms. The summed E-state index contributed by atoms with van der Waals surface area (Å²) in [6.07, 6.45) is 5.31. The van der Waals surface area contributed by atoms with E-state index in [1.165, 1.54) is 17.7 Å². The molecule has 1 aliphatic carbocycles. The molecule has 2 aliphatic rings. The van der Waals surface area contributed by atoms with Crippen molar-refractivity contribution in [2.75, 3.05) is 6.54 Å². The van der Waals surface area contributed by atoms with Crippen LogP contribution in [0.15, 0.2) is 30.3 Å². The average molecular weight is 310 g/mol. The van der Waals surface area contributed by atoms with Gasteiger partial charge < -0.3 is 10.6 Å². The first-order valence-electron chi connectivity index (χ1n) is 8.49. The molecule has 4 rings (SSSR count). The largest absolute Gasteiger partial charge is 0.349 e. The molecule has 1 aliphatic heterocycles. The third-order valence-corrected chi connectivity index (χ3v) is 4.82. The highest BCUT2D eigenvalue weighted by Gasteiger charge is 2.25. The smallest absolute Gasteiger partial charge is 0.237 e. The number of nitrogens with zero attached hydrogens (tertiary/aromatic N) is 2. The van der Waals surface area contributed by atoms with Gasteiger partial charge in [-0.3, -0.25) is 4.79 Å². The third-order valence-electron chi connectivity index (χ3n) is 4.82. The van der Waals surface area contributed by atoms with E-state index in [0.29, 0.717) is 6.54 Å². The molecule has 5 nitrogen and oxygen atoms in total. The lowest BCUT2D eigenvalue weighted by molar-refractivity contribution is -0.122. The summed E-state index contributed by atoms with van der Waals surface area (Å²) in [6, 6.07) is 10.2. The van der Waals surface area contributed by atoms with E-state index in [2.05, 4.69) is 27.4 Å². The number of fused-ring (bicyclic) bond motifs is 1. The summed E-state index contributed by atoms with van der Waals surface area (Å²) in [5, 5.41) is 11.1. The maximum Gasteiger partial charge on any atom is 0.237 e. The number of carbonyl (C=O) groups excluding carboxylic acids is 1. The SMILES string of the molecule is O=C(NCc1nn(-c2ccccc2)c2c1CCC2)C1CCCN1. The minimum Gasteiger partial charge on any atom is -0.349 e.